The van der Waals surface area contributed by atoms with Crippen molar-refractivity contribution in [1.82, 2.24) is 4.57 Å². The minimum Gasteiger partial charge on any atom is -0.321 e. The normalized spacial score (nSPS) is 11.3. The van der Waals surface area contributed by atoms with Crippen molar-refractivity contribution in [2.24, 2.45) is 0 Å². The van der Waals surface area contributed by atoms with E-state index < -0.39 is 5.91 Å². The van der Waals surface area contributed by atoms with Crippen molar-refractivity contribution in [3.8, 4) is 11.8 Å². The van der Waals surface area contributed by atoms with Crippen LogP contribution >= 0.6 is 0 Å². The van der Waals surface area contributed by atoms with E-state index in [1.54, 1.807) is 6.08 Å². The maximum atomic E-state index is 12.7. The molecule has 2 aromatic carbocycles. The Hall–Kier alpha value is -3.58. The molecular formula is C26H27N3O. The Labute approximate surface area is 178 Å². The Bertz CT molecular complexity index is 1210. The monoisotopic (exact) mass is 397 g/mol. The van der Waals surface area contributed by atoms with Crippen LogP contribution in [0.4, 0.5) is 5.69 Å². The molecule has 0 bridgehead atoms. The van der Waals surface area contributed by atoms with Gasteiger partial charge in [0.15, 0.2) is 0 Å². The van der Waals surface area contributed by atoms with Crippen molar-refractivity contribution in [3.05, 3.63) is 87.2 Å². The molecule has 0 aliphatic carbocycles. The highest BCUT2D eigenvalue weighted by atomic mass is 16.1. The van der Waals surface area contributed by atoms with Crippen LogP contribution in [0.3, 0.4) is 0 Å². The number of hydrogen-bond donors (Lipinski definition) is 1. The first kappa shape index (κ1) is 21.1. The van der Waals surface area contributed by atoms with Crippen LogP contribution in [0, 0.1) is 52.9 Å². The highest BCUT2D eigenvalue weighted by molar-refractivity contribution is 6.09. The summed E-state index contributed by atoms with van der Waals surface area (Å²) in [5, 5.41) is 12.4. The molecule has 4 heteroatoms. The smallest absolute Gasteiger partial charge is 0.266 e. The molecule has 1 heterocycles. The molecule has 0 spiro atoms. The average Bonchev–Trinajstić information content (AvgIpc) is 2.98. The standard InChI is InChI=1S/C26H27N3O/c1-16-10-11-24(12-18(16)3)28-26(30)23(15-27)14-22-13-19(4)29(21(22)6)25-9-7-8-17(2)20(25)5/h7-14H,1-6H3,(H,28,30)/b23-14+. The Kier molecular flexibility index (Phi) is 5.94. The number of aryl methyl sites for hydroxylation is 4. The van der Waals surface area contributed by atoms with E-state index in [-0.39, 0.29) is 5.57 Å². The van der Waals surface area contributed by atoms with Crippen molar-refractivity contribution < 1.29 is 4.79 Å². The quantitative estimate of drug-likeness (QED) is 0.442. The van der Waals surface area contributed by atoms with Gasteiger partial charge in [-0.1, -0.05) is 18.2 Å². The van der Waals surface area contributed by atoms with Crippen LogP contribution < -0.4 is 5.32 Å². The zero-order chi connectivity index (χ0) is 22.0. The molecule has 3 rings (SSSR count). The van der Waals surface area contributed by atoms with E-state index in [0.717, 1.165) is 33.8 Å². The molecule has 0 unspecified atom stereocenters. The van der Waals surface area contributed by atoms with Gasteiger partial charge in [-0.15, -0.1) is 0 Å². The van der Waals surface area contributed by atoms with Gasteiger partial charge in [-0.2, -0.15) is 5.26 Å². The third-order valence-electron chi connectivity index (χ3n) is 5.72. The fraction of sp³-hybridized carbons (Fsp3) is 0.231. The van der Waals surface area contributed by atoms with Gasteiger partial charge >= 0.3 is 0 Å². The Morgan fingerprint density at radius 3 is 2.37 bits per heavy atom. The summed E-state index contributed by atoms with van der Waals surface area (Å²) in [7, 11) is 0. The molecule has 0 aliphatic rings. The van der Waals surface area contributed by atoms with Crippen LogP contribution in [-0.4, -0.2) is 10.5 Å². The molecule has 30 heavy (non-hydrogen) atoms. The second-order valence-corrected chi connectivity index (χ2v) is 7.80. The van der Waals surface area contributed by atoms with Crippen molar-refractivity contribution in [2.75, 3.05) is 5.32 Å². The van der Waals surface area contributed by atoms with Crippen molar-refractivity contribution in [2.45, 2.75) is 41.5 Å². The number of amides is 1. The van der Waals surface area contributed by atoms with Gasteiger partial charge in [0.25, 0.3) is 5.91 Å². The third kappa shape index (κ3) is 4.06. The predicted octanol–water partition coefficient (Wildman–Crippen LogP) is 5.87. The number of benzene rings is 2. The number of carbonyl (C=O) groups excluding carboxylic acids is 1. The second kappa shape index (κ2) is 8.42. The molecule has 0 saturated carbocycles. The maximum Gasteiger partial charge on any atom is 0.266 e. The lowest BCUT2D eigenvalue weighted by atomic mass is 10.1. The zero-order valence-electron chi connectivity index (χ0n) is 18.4. The van der Waals surface area contributed by atoms with Crippen molar-refractivity contribution in [1.29, 1.82) is 5.26 Å². The molecule has 1 aromatic heterocycles. The predicted molar refractivity (Wildman–Crippen MR) is 123 cm³/mol. The first-order valence-corrected chi connectivity index (χ1v) is 9.99. The third-order valence-corrected chi connectivity index (χ3v) is 5.72. The summed E-state index contributed by atoms with van der Waals surface area (Å²) in [6.07, 6.45) is 1.67. The molecule has 3 aromatic rings. The molecule has 1 N–H and O–H groups in total. The number of nitrogens with one attached hydrogen (secondary N) is 1. The van der Waals surface area contributed by atoms with Crippen LogP contribution in [-0.2, 0) is 4.79 Å². The van der Waals surface area contributed by atoms with Crippen LogP contribution in [0.2, 0.25) is 0 Å². The number of aromatic nitrogens is 1. The van der Waals surface area contributed by atoms with Gasteiger partial charge < -0.3 is 9.88 Å². The topological polar surface area (TPSA) is 57.8 Å². The minimum absolute atomic E-state index is 0.0782. The summed E-state index contributed by atoms with van der Waals surface area (Å²) in [6.45, 7) is 12.3. The minimum atomic E-state index is -0.405. The van der Waals surface area contributed by atoms with E-state index >= 15 is 0 Å². The van der Waals surface area contributed by atoms with E-state index in [9.17, 15) is 10.1 Å². The number of hydrogen-bond acceptors (Lipinski definition) is 2. The number of anilines is 1. The molecular weight excluding hydrogens is 370 g/mol. The summed E-state index contributed by atoms with van der Waals surface area (Å²) in [4.78, 5) is 12.7. The largest absolute Gasteiger partial charge is 0.321 e. The van der Waals surface area contributed by atoms with Gasteiger partial charge in [-0.25, -0.2) is 0 Å². The Morgan fingerprint density at radius 2 is 1.70 bits per heavy atom. The van der Waals surface area contributed by atoms with Crippen LogP contribution in [0.5, 0.6) is 0 Å². The Balaban J connectivity index is 1.96. The highest BCUT2D eigenvalue weighted by Crippen LogP contribution is 2.26. The lowest BCUT2D eigenvalue weighted by molar-refractivity contribution is -0.112. The van der Waals surface area contributed by atoms with Gasteiger partial charge in [0.05, 0.1) is 0 Å². The van der Waals surface area contributed by atoms with Crippen LogP contribution in [0.1, 0.15) is 39.2 Å². The lowest BCUT2D eigenvalue weighted by Gasteiger charge is -2.14. The van der Waals surface area contributed by atoms with Gasteiger partial charge in [-0.3, -0.25) is 4.79 Å². The van der Waals surface area contributed by atoms with Gasteiger partial charge in [0, 0.05) is 22.8 Å². The van der Waals surface area contributed by atoms with Crippen LogP contribution in [0.15, 0.2) is 48.0 Å². The number of nitrogens with zero attached hydrogens (tertiary/aromatic N) is 2. The zero-order valence-corrected chi connectivity index (χ0v) is 18.4. The summed E-state index contributed by atoms with van der Waals surface area (Å²) in [5.41, 5.74) is 9.47. The number of carbonyl (C=O) groups is 1. The number of nitriles is 1. The van der Waals surface area contributed by atoms with Crippen LogP contribution in [0.25, 0.3) is 11.8 Å². The van der Waals surface area contributed by atoms with Gasteiger partial charge in [-0.05, 0) is 99.7 Å². The number of rotatable bonds is 4. The van der Waals surface area contributed by atoms with E-state index in [2.05, 4.69) is 41.9 Å². The summed E-state index contributed by atoms with van der Waals surface area (Å²) in [6, 6.07) is 16.0. The van der Waals surface area contributed by atoms with E-state index in [1.807, 2.05) is 58.0 Å². The van der Waals surface area contributed by atoms with Gasteiger partial charge in [0.2, 0.25) is 0 Å². The second-order valence-electron chi connectivity index (χ2n) is 7.80. The summed E-state index contributed by atoms with van der Waals surface area (Å²) in [5.74, 6) is -0.405. The average molecular weight is 398 g/mol. The van der Waals surface area contributed by atoms with E-state index in [0.29, 0.717) is 5.69 Å². The maximum absolute atomic E-state index is 12.7. The fourth-order valence-electron chi connectivity index (χ4n) is 3.60. The van der Waals surface area contributed by atoms with E-state index in [1.165, 1.54) is 11.1 Å². The molecule has 0 aliphatic heterocycles. The molecule has 152 valence electrons. The molecule has 4 nitrogen and oxygen atoms in total. The SMILES string of the molecule is Cc1ccc(NC(=O)/C(C#N)=C/c2cc(C)n(-c3cccc(C)c3C)c2C)cc1C. The van der Waals surface area contributed by atoms with E-state index in [4.69, 9.17) is 0 Å². The van der Waals surface area contributed by atoms with Crippen molar-refractivity contribution >= 4 is 17.7 Å². The first-order chi connectivity index (χ1) is 14.2. The summed E-state index contributed by atoms with van der Waals surface area (Å²) < 4.78 is 2.17. The van der Waals surface area contributed by atoms with Crippen molar-refractivity contribution in [3.63, 3.8) is 0 Å². The fourth-order valence-corrected chi connectivity index (χ4v) is 3.60. The highest BCUT2D eigenvalue weighted by Gasteiger charge is 2.15. The lowest BCUT2D eigenvalue weighted by Crippen LogP contribution is -2.13. The molecule has 0 fully saturated rings. The molecule has 0 saturated heterocycles. The molecule has 1 amide bonds. The summed E-state index contributed by atoms with van der Waals surface area (Å²) >= 11 is 0. The van der Waals surface area contributed by atoms with Gasteiger partial charge in [0.1, 0.15) is 11.6 Å². The molecule has 0 radical (unpaired) electrons. The first-order valence-electron chi connectivity index (χ1n) is 9.99. The Morgan fingerprint density at radius 1 is 0.967 bits per heavy atom. The molecule has 0 atom stereocenters.